The van der Waals surface area contributed by atoms with Gasteiger partial charge in [-0.1, -0.05) is 54.6 Å². The predicted octanol–water partition coefficient (Wildman–Crippen LogP) is 2.75. The van der Waals surface area contributed by atoms with Gasteiger partial charge in [0.1, 0.15) is 0 Å². The zero-order valence-corrected chi connectivity index (χ0v) is 12.6. The topological polar surface area (TPSA) is 55.1 Å². The van der Waals surface area contributed by atoms with Gasteiger partial charge in [-0.3, -0.25) is 4.79 Å². The normalized spacial score (nSPS) is 11.2. The molecule has 110 valence electrons. The van der Waals surface area contributed by atoms with Gasteiger partial charge >= 0.3 is 0 Å². The summed E-state index contributed by atoms with van der Waals surface area (Å²) in [7, 11) is 0. The van der Waals surface area contributed by atoms with Crippen LogP contribution >= 0.6 is 0 Å². The van der Waals surface area contributed by atoms with E-state index in [0.717, 1.165) is 11.1 Å². The van der Waals surface area contributed by atoms with Crippen molar-refractivity contribution in [2.75, 3.05) is 6.54 Å². The van der Waals surface area contributed by atoms with Crippen molar-refractivity contribution in [2.45, 2.75) is 25.8 Å². The van der Waals surface area contributed by atoms with E-state index in [1.165, 1.54) is 5.56 Å². The highest BCUT2D eigenvalue weighted by atomic mass is 16.1. The number of hydrogen-bond donors (Lipinski definition) is 2. The summed E-state index contributed by atoms with van der Waals surface area (Å²) >= 11 is 0. The minimum absolute atomic E-state index is 0.000913. The smallest absolute Gasteiger partial charge is 0.224 e. The highest BCUT2D eigenvalue weighted by Crippen LogP contribution is 2.19. The molecule has 0 fully saturated rings. The van der Waals surface area contributed by atoms with E-state index in [0.29, 0.717) is 13.0 Å². The lowest BCUT2D eigenvalue weighted by Crippen LogP contribution is -2.45. The molecule has 2 rings (SSSR count). The van der Waals surface area contributed by atoms with Gasteiger partial charge in [0.05, 0.1) is 6.42 Å². The molecule has 0 aromatic heterocycles. The van der Waals surface area contributed by atoms with Gasteiger partial charge in [-0.2, -0.15) is 0 Å². The molecule has 0 saturated carbocycles. The van der Waals surface area contributed by atoms with Crippen LogP contribution < -0.4 is 11.1 Å². The van der Waals surface area contributed by atoms with Gasteiger partial charge in [-0.25, -0.2) is 0 Å². The van der Waals surface area contributed by atoms with E-state index >= 15 is 0 Å². The maximum atomic E-state index is 11.8. The average Bonchev–Trinajstić information content (AvgIpc) is 2.46. The van der Waals surface area contributed by atoms with Crippen molar-refractivity contribution >= 4 is 5.91 Å². The van der Waals surface area contributed by atoms with Crippen LogP contribution in [0.1, 0.15) is 19.4 Å². The summed E-state index contributed by atoms with van der Waals surface area (Å²) < 4.78 is 0. The third-order valence-electron chi connectivity index (χ3n) is 3.17. The molecule has 3 nitrogen and oxygen atoms in total. The van der Waals surface area contributed by atoms with Crippen molar-refractivity contribution in [1.29, 1.82) is 0 Å². The molecule has 0 aliphatic heterocycles. The van der Waals surface area contributed by atoms with E-state index in [1.54, 1.807) is 0 Å². The van der Waals surface area contributed by atoms with Gasteiger partial charge < -0.3 is 11.1 Å². The molecule has 21 heavy (non-hydrogen) atoms. The second-order valence-electron chi connectivity index (χ2n) is 6.01. The molecule has 2 aromatic rings. The monoisotopic (exact) mass is 282 g/mol. The molecule has 0 spiro atoms. The third-order valence-corrected chi connectivity index (χ3v) is 3.17. The van der Waals surface area contributed by atoms with Crippen LogP contribution in [-0.4, -0.2) is 18.0 Å². The largest absolute Gasteiger partial charge is 0.354 e. The zero-order valence-electron chi connectivity index (χ0n) is 12.6. The first-order valence-electron chi connectivity index (χ1n) is 7.14. The standard InChI is InChI=1S/C18H22N2O/c1-18(2,19)13-20-17(21)12-14-8-10-16(11-9-14)15-6-4-3-5-7-15/h3-11H,12-13,19H2,1-2H3,(H,20,21). The van der Waals surface area contributed by atoms with Crippen LogP contribution in [0.15, 0.2) is 54.6 Å². The van der Waals surface area contributed by atoms with Gasteiger partial charge in [-0.15, -0.1) is 0 Å². The second kappa shape index (κ2) is 6.55. The number of benzene rings is 2. The molecule has 0 bridgehead atoms. The number of nitrogens with one attached hydrogen (secondary N) is 1. The minimum Gasteiger partial charge on any atom is -0.354 e. The van der Waals surface area contributed by atoms with Crippen molar-refractivity contribution < 1.29 is 4.79 Å². The molecule has 1 amide bonds. The highest BCUT2D eigenvalue weighted by Gasteiger charge is 2.12. The van der Waals surface area contributed by atoms with E-state index in [4.69, 9.17) is 5.73 Å². The summed E-state index contributed by atoms with van der Waals surface area (Å²) in [6.45, 7) is 4.26. The van der Waals surface area contributed by atoms with Crippen LogP contribution in [0.4, 0.5) is 0 Å². The molecule has 0 aliphatic carbocycles. The van der Waals surface area contributed by atoms with Gasteiger partial charge in [-0.05, 0) is 30.5 Å². The third kappa shape index (κ3) is 5.04. The minimum atomic E-state index is -0.382. The van der Waals surface area contributed by atoms with Crippen molar-refractivity contribution in [1.82, 2.24) is 5.32 Å². The van der Waals surface area contributed by atoms with E-state index in [1.807, 2.05) is 56.3 Å². The molecule has 0 saturated heterocycles. The summed E-state index contributed by atoms with van der Waals surface area (Å²) in [5, 5.41) is 2.85. The number of hydrogen-bond acceptors (Lipinski definition) is 2. The molecule has 0 radical (unpaired) electrons. The fourth-order valence-electron chi connectivity index (χ4n) is 2.02. The first kappa shape index (κ1) is 15.3. The van der Waals surface area contributed by atoms with E-state index in [-0.39, 0.29) is 11.4 Å². The lowest BCUT2D eigenvalue weighted by atomic mass is 10.0. The maximum absolute atomic E-state index is 11.8. The first-order valence-corrected chi connectivity index (χ1v) is 7.14. The molecular weight excluding hydrogens is 260 g/mol. The predicted molar refractivity (Wildman–Crippen MR) is 86.9 cm³/mol. The van der Waals surface area contributed by atoms with E-state index in [9.17, 15) is 4.79 Å². The summed E-state index contributed by atoms with van der Waals surface area (Å²) in [6.07, 6.45) is 0.380. The molecule has 0 unspecified atom stereocenters. The Balaban J connectivity index is 1.95. The molecule has 3 heteroatoms. The summed E-state index contributed by atoms with van der Waals surface area (Å²) in [5.41, 5.74) is 8.80. The Morgan fingerprint density at radius 2 is 1.57 bits per heavy atom. The fourth-order valence-corrected chi connectivity index (χ4v) is 2.02. The van der Waals surface area contributed by atoms with Crippen LogP contribution in [0.2, 0.25) is 0 Å². The van der Waals surface area contributed by atoms with Crippen LogP contribution in [-0.2, 0) is 11.2 Å². The summed E-state index contributed by atoms with van der Waals surface area (Å²) in [4.78, 5) is 11.8. The van der Waals surface area contributed by atoms with Gasteiger partial charge in [0.15, 0.2) is 0 Å². The van der Waals surface area contributed by atoms with Crippen LogP contribution in [0, 0.1) is 0 Å². The average molecular weight is 282 g/mol. The SMILES string of the molecule is CC(C)(N)CNC(=O)Cc1ccc(-c2ccccc2)cc1. The van der Waals surface area contributed by atoms with E-state index < -0.39 is 0 Å². The Morgan fingerprint density at radius 3 is 2.14 bits per heavy atom. The fraction of sp³-hybridized carbons (Fsp3) is 0.278. The summed E-state index contributed by atoms with van der Waals surface area (Å²) in [6, 6.07) is 18.3. The first-order chi connectivity index (χ1) is 9.94. The lowest BCUT2D eigenvalue weighted by Gasteiger charge is -2.18. The van der Waals surface area contributed by atoms with Crippen molar-refractivity contribution in [3.8, 4) is 11.1 Å². The lowest BCUT2D eigenvalue weighted by molar-refractivity contribution is -0.120. The van der Waals surface area contributed by atoms with E-state index in [2.05, 4.69) is 17.4 Å². The molecule has 0 atom stereocenters. The van der Waals surface area contributed by atoms with Crippen LogP contribution in [0.3, 0.4) is 0 Å². The maximum Gasteiger partial charge on any atom is 0.224 e. The number of rotatable bonds is 5. The molecular formula is C18H22N2O. The van der Waals surface area contributed by atoms with Crippen LogP contribution in [0.5, 0.6) is 0 Å². The summed E-state index contributed by atoms with van der Waals surface area (Å²) in [5.74, 6) is 0.000913. The Hall–Kier alpha value is -2.13. The van der Waals surface area contributed by atoms with Gasteiger partial charge in [0.25, 0.3) is 0 Å². The number of carbonyl (C=O) groups is 1. The number of amides is 1. The Morgan fingerprint density at radius 1 is 1.00 bits per heavy atom. The highest BCUT2D eigenvalue weighted by molar-refractivity contribution is 5.79. The van der Waals surface area contributed by atoms with Crippen LogP contribution in [0.25, 0.3) is 11.1 Å². The molecule has 0 aliphatic rings. The van der Waals surface area contributed by atoms with Crippen molar-refractivity contribution in [3.63, 3.8) is 0 Å². The number of carbonyl (C=O) groups excluding carboxylic acids is 1. The van der Waals surface area contributed by atoms with Gasteiger partial charge in [0, 0.05) is 12.1 Å². The Kier molecular flexibility index (Phi) is 4.76. The number of nitrogens with two attached hydrogens (primary N) is 1. The molecule has 0 heterocycles. The molecule has 3 N–H and O–H groups in total. The van der Waals surface area contributed by atoms with Crippen molar-refractivity contribution in [2.24, 2.45) is 5.73 Å². The Bertz CT molecular complexity index is 583. The quantitative estimate of drug-likeness (QED) is 0.886. The molecule has 2 aromatic carbocycles. The Labute approximate surface area is 126 Å². The van der Waals surface area contributed by atoms with Gasteiger partial charge in [0.2, 0.25) is 5.91 Å². The van der Waals surface area contributed by atoms with Crippen molar-refractivity contribution in [3.05, 3.63) is 60.2 Å². The second-order valence-corrected chi connectivity index (χ2v) is 6.01. The zero-order chi connectivity index (χ0) is 15.3.